The Morgan fingerprint density at radius 2 is 1.80 bits per heavy atom. The summed E-state index contributed by atoms with van der Waals surface area (Å²) in [6, 6.07) is 20.2. The Hall–Kier alpha value is -3.68. The van der Waals surface area contributed by atoms with Crippen LogP contribution in [0, 0.1) is 0 Å². The number of nitrogens with zero attached hydrogens (tertiary/aromatic N) is 2. The van der Waals surface area contributed by atoms with E-state index < -0.39 is 0 Å². The topological polar surface area (TPSA) is 82.0 Å². The number of nitrogens with one attached hydrogen (secondary N) is 1. The zero-order chi connectivity index (χ0) is 28.5. The monoisotopic (exact) mass is 580 g/mol. The van der Waals surface area contributed by atoms with Crippen molar-refractivity contribution in [2.45, 2.75) is 38.8 Å². The highest BCUT2D eigenvalue weighted by Gasteiger charge is 2.24. The summed E-state index contributed by atoms with van der Waals surface area (Å²) in [6.07, 6.45) is 3.12. The van der Waals surface area contributed by atoms with Crippen molar-refractivity contribution in [1.29, 1.82) is 0 Å². The largest absolute Gasteiger partial charge is 0.496 e. The fourth-order valence-corrected chi connectivity index (χ4v) is 5.04. The maximum absolute atomic E-state index is 13.0. The number of benzene rings is 3. The summed E-state index contributed by atoms with van der Waals surface area (Å²) in [7, 11) is 1.61. The van der Waals surface area contributed by atoms with Crippen molar-refractivity contribution in [3.05, 3.63) is 94.1 Å². The third-order valence-corrected chi connectivity index (χ3v) is 7.11. The average molecular weight is 582 g/mol. The van der Waals surface area contributed by atoms with E-state index in [9.17, 15) is 9.59 Å². The van der Waals surface area contributed by atoms with Crippen LogP contribution >= 0.6 is 23.2 Å². The van der Waals surface area contributed by atoms with E-state index in [4.69, 9.17) is 32.7 Å². The molecule has 1 unspecified atom stereocenters. The van der Waals surface area contributed by atoms with E-state index in [0.29, 0.717) is 54.1 Å². The van der Waals surface area contributed by atoms with Crippen molar-refractivity contribution in [3.8, 4) is 11.5 Å². The lowest BCUT2D eigenvalue weighted by molar-refractivity contribution is -0.130. The first kappa shape index (κ1) is 29.3. The van der Waals surface area contributed by atoms with Crippen LogP contribution < -0.4 is 20.1 Å². The number of fused-ring (bicyclic) bond motifs is 1. The fraction of sp³-hybridized carbons (Fsp3) is 0.290. The third kappa shape index (κ3) is 7.93. The van der Waals surface area contributed by atoms with Crippen LogP contribution in [0.4, 0.5) is 5.69 Å². The molecule has 0 aliphatic carbocycles. The smallest absolute Gasteiger partial charge is 0.220 e. The molecule has 4 rings (SSSR count). The Kier molecular flexibility index (Phi) is 10.3. The van der Waals surface area contributed by atoms with Gasteiger partial charge in [-0.25, -0.2) is 0 Å². The molecule has 1 heterocycles. The maximum Gasteiger partial charge on any atom is 0.220 e. The van der Waals surface area contributed by atoms with E-state index in [1.165, 1.54) is 6.92 Å². The number of carbonyl (C=O) groups excluding carboxylic acids is 2. The van der Waals surface area contributed by atoms with Crippen LogP contribution in [0.3, 0.4) is 0 Å². The third-order valence-electron chi connectivity index (χ3n) is 6.58. The Morgan fingerprint density at radius 3 is 2.58 bits per heavy atom. The number of halogens is 2. The van der Waals surface area contributed by atoms with Crippen molar-refractivity contribution in [1.82, 2.24) is 15.5 Å². The van der Waals surface area contributed by atoms with Gasteiger partial charge in [0.25, 0.3) is 0 Å². The van der Waals surface area contributed by atoms with E-state index >= 15 is 0 Å². The SMILES string of the molecule is COc1ccccc1CN(CC(CC1=C[N]c2ccccc21)NC(=O)CCCOc1ccc(Cl)cc1Cl)C(C)=O. The van der Waals surface area contributed by atoms with E-state index in [1.54, 1.807) is 30.2 Å². The first-order valence-electron chi connectivity index (χ1n) is 13.1. The number of amides is 2. The first-order valence-corrected chi connectivity index (χ1v) is 13.8. The van der Waals surface area contributed by atoms with Crippen molar-refractivity contribution in [2.75, 3.05) is 20.3 Å². The minimum Gasteiger partial charge on any atom is -0.496 e. The molecule has 1 N–H and O–H groups in total. The zero-order valence-electron chi connectivity index (χ0n) is 22.5. The van der Waals surface area contributed by atoms with Gasteiger partial charge < -0.3 is 19.7 Å². The lowest BCUT2D eigenvalue weighted by Crippen LogP contribution is -2.45. The number of ether oxygens (including phenoxy) is 2. The highest BCUT2D eigenvalue weighted by molar-refractivity contribution is 6.35. The number of hydrogen-bond acceptors (Lipinski definition) is 4. The predicted octanol–water partition coefficient (Wildman–Crippen LogP) is 6.38. The van der Waals surface area contributed by atoms with Gasteiger partial charge in [0, 0.05) is 48.8 Å². The van der Waals surface area contributed by atoms with Crippen LogP contribution in [0.5, 0.6) is 11.5 Å². The van der Waals surface area contributed by atoms with E-state index in [0.717, 1.165) is 22.4 Å². The van der Waals surface area contributed by atoms with E-state index in [-0.39, 0.29) is 24.3 Å². The fourth-order valence-electron chi connectivity index (χ4n) is 4.58. The molecule has 1 aliphatic rings. The van der Waals surface area contributed by atoms with Crippen molar-refractivity contribution in [2.24, 2.45) is 0 Å². The second-order valence-electron chi connectivity index (χ2n) is 9.51. The lowest BCUT2D eigenvalue weighted by Gasteiger charge is -2.28. The highest BCUT2D eigenvalue weighted by Crippen LogP contribution is 2.33. The molecule has 2 amide bonds. The molecule has 3 aromatic carbocycles. The Bertz CT molecular complexity index is 1380. The molecule has 3 aromatic rings. The number of rotatable bonds is 13. The second kappa shape index (κ2) is 14.1. The number of methoxy groups -OCH3 is 1. The van der Waals surface area contributed by atoms with Gasteiger partial charge in [-0.05, 0) is 48.7 Å². The van der Waals surface area contributed by atoms with Gasteiger partial charge in [-0.3, -0.25) is 14.9 Å². The summed E-state index contributed by atoms with van der Waals surface area (Å²) >= 11 is 12.1. The molecule has 0 spiro atoms. The molecule has 1 radical (unpaired) electrons. The summed E-state index contributed by atoms with van der Waals surface area (Å²) in [4.78, 5) is 27.5. The molecular weight excluding hydrogens is 549 g/mol. The van der Waals surface area contributed by atoms with Gasteiger partial charge in [-0.15, -0.1) is 0 Å². The van der Waals surface area contributed by atoms with Crippen LogP contribution in [-0.2, 0) is 16.1 Å². The van der Waals surface area contributed by atoms with Crippen LogP contribution in [0.1, 0.15) is 37.3 Å². The average Bonchev–Trinajstić information content (AvgIpc) is 3.34. The summed E-state index contributed by atoms with van der Waals surface area (Å²) < 4.78 is 11.2. The number of carbonyl (C=O) groups is 2. The van der Waals surface area contributed by atoms with Crippen molar-refractivity contribution >= 4 is 46.3 Å². The quantitative estimate of drug-likeness (QED) is 0.238. The number of hydrogen-bond donors (Lipinski definition) is 1. The molecule has 1 atom stereocenters. The molecule has 0 saturated heterocycles. The van der Waals surface area contributed by atoms with Crippen LogP contribution in [-0.4, -0.2) is 43.0 Å². The minimum absolute atomic E-state index is 0.0936. The van der Waals surface area contributed by atoms with Gasteiger partial charge in [0.05, 0.1) is 30.5 Å². The zero-order valence-corrected chi connectivity index (χ0v) is 24.0. The van der Waals surface area contributed by atoms with Crippen molar-refractivity contribution < 1.29 is 19.1 Å². The molecule has 9 heteroatoms. The molecule has 7 nitrogen and oxygen atoms in total. The highest BCUT2D eigenvalue weighted by atomic mass is 35.5. The normalized spacial score (nSPS) is 12.6. The van der Waals surface area contributed by atoms with Gasteiger partial charge in [0.15, 0.2) is 0 Å². The predicted molar refractivity (Wildman–Crippen MR) is 158 cm³/mol. The summed E-state index contributed by atoms with van der Waals surface area (Å²) in [6.45, 7) is 2.55. The van der Waals surface area contributed by atoms with Crippen LogP contribution in [0.15, 0.2) is 72.9 Å². The van der Waals surface area contributed by atoms with Gasteiger partial charge >= 0.3 is 0 Å². The van der Waals surface area contributed by atoms with E-state index in [2.05, 4.69) is 10.6 Å². The molecule has 0 aromatic heterocycles. The molecule has 0 fully saturated rings. The molecule has 0 bridgehead atoms. The Balaban J connectivity index is 1.42. The minimum atomic E-state index is -0.328. The molecule has 1 aliphatic heterocycles. The molecular formula is C31H32Cl2N3O4. The summed E-state index contributed by atoms with van der Waals surface area (Å²) in [5, 5.41) is 8.61. The standard InChI is InChI=1S/C31H32Cl2N3O4/c1-21(37)36(19-22-8-3-6-11-29(22)39-2)20-25(16-23-18-34-28-10-5-4-9-26(23)28)35-31(38)12-7-15-40-30-14-13-24(32)17-27(30)33/h3-6,8-11,13-14,17-18,25H,7,12,15-16,19-20H2,1-2H3,(H,35,38). The second-order valence-corrected chi connectivity index (χ2v) is 10.4. The molecule has 209 valence electrons. The van der Waals surface area contributed by atoms with Gasteiger partial charge in [0.1, 0.15) is 11.5 Å². The molecule has 0 saturated carbocycles. The Labute approximate surface area is 245 Å². The first-order chi connectivity index (χ1) is 19.3. The Morgan fingerprint density at radius 1 is 1.02 bits per heavy atom. The van der Waals surface area contributed by atoms with Crippen LogP contribution in [0.2, 0.25) is 10.0 Å². The number of para-hydroxylation sites is 2. The van der Waals surface area contributed by atoms with Crippen molar-refractivity contribution in [3.63, 3.8) is 0 Å². The summed E-state index contributed by atoms with van der Waals surface area (Å²) in [5.74, 6) is 1.01. The van der Waals surface area contributed by atoms with Crippen LogP contribution in [0.25, 0.3) is 5.57 Å². The molecule has 40 heavy (non-hydrogen) atoms. The van der Waals surface area contributed by atoms with Gasteiger partial charge in [-0.2, -0.15) is 0 Å². The van der Waals surface area contributed by atoms with E-state index in [1.807, 2.05) is 54.7 Å². The van der Waals surface area contributed by atoms with Gasteiger partial charge in [0.2, 0.25) is 11.8 Å². The summed E-state index contributed by atoms with van der Waals surface area (Å²) in [5.41, 5.74) is 3.85. The van der Waals surface area contributed by atoms with Gasteiger partial charge in [-0.1, -0.05) is 59.6 Å². The maximum atomic E-state index is 13.0. The lowest BCUT2D eigenvalue weighted by atomic mass is 9.99.